The molecule has 2 rings (SSSR count). The molecule has 0 aliphatic heterocycles. The van der Waals surface area contributed by atoms with Crippen LogP contribution in [0.1, 0.15) is 17.8 Å². The second-order valence-corrected chi connectivity index (χ2v) is 5.62. The molecule has 0 bridgehead atoms. The average molecular weight is 321 g/mol. The maximum absolute atomic E-state index is 11.5. The second-order valence-electron chi connectivity index (χ2n) is 4.50. The first-order valence-corrected chi connectivity index (χ1v) is 7.45. The molecule has 0 unspecified atom stereocenters. The summed E-state index contributed by atoms with van der Waals surface area (Å²) in [6.07, 6.45) is 1.43. The number of nitrogens with zero attached hydrogens (tertiary/aromatic N) is 1. The molecule has 0 atom stereocenters. The minimum Gasteiger partial charge on any atom is -0.456 e. The number of urea groups is 1. The smallest absolute Gasteiger partial charge is 0.318 e. The molecule has 0 saturated heterocycles. The normalized spacial score (nSPS) is 10.4. The molecule has 3 amide bonds. The predicted molar refractivity (Wildman–Crippen MR) is 81.2 cm³/mol. The molecule has 1 heterocycles. The van der Waals surface area contributed by atoms with Crippen molar-refractivity contribution < 1.29 is 19.1 Å². The van der Waals surface area contributed by atoms with Gasteiger partial charge in [-0.15, -0.1) is 11.3 Å². The number of aromatic nitrogens is 1. The number of hydrogen-bond acceptors (Lipinski definition) is 6. The maximum atomic E-state index is 11.5. The zero-order valence-electron chi connectivity index (χ0n) is 11.7. The summed E-state index contributed by atoms with van der Waals surface area (Å²) in [6.45, 7) is -0.511. The van der Waals surface area contributed by atoms with Crippen LogP contribution in [-0.4, -0.2) is 29.5 Å². The Morgan fingerprint density at radius 3 is 2.77 bits per heavy atom. The van der Waals surface area contributed by atoms with Crippen molar-refractivity contribution in [3.8, 4) is 0 Å². The van der Waals surface area contributed by atoms with Crippen LogP contribution in [0.5, 0.6) is 0 Å². The van der Waals surface area contributed by atoms with Crippen LogP contribution in [0.15, 0.2) is 24.3 Å². The van der Waals surface area contributed by atoms with Crippen molar-refractivity contribution in [2.45, 2.75) is 19.3 Å². The molecule has 1 aromatic carbocycles. The number of nitrogens with one attached hydrogen (secondary N) is 1. The first-order valence-electron chi connectivity index (χ1n) is 6.64. The lowest BCUT2D eigenvalue weighted by Crippen LogP contribution is -2.37. The zero-order valence-corrected chi connectivity index (χ0v) is 12.5. The maximum Gasteiger partial charge on any atom is 0.318 e. The van der Waals surface area contributed by atoms with Crippen LogP contribution < -0.4 is 11.1 Å². The molecule has 2 aromatic rings. The monoisotopic (exact) mass is 321 g/mol. The van der Waals surface area contributed by atoms with Gasteiger partial charge in [0.2, 0.25) is 0 Å². The van der Waals surface area contributed by atoms with Crippen molar-refractivity contribution in [1.29, 1.82) is 0 Å². The number of primary amides is 1. The van der Waals surface area contributed by atoms with E-state index in [2.05, 4.69) is 4.98 Å². The Morgan fingerprint density at radius 2 is 2.05 bits per heavy atom. The molecule has 7 nitrogen and oxygen atoms in total. The quantitative estimate of drug-likeness (QED) is 0.780. The Morgan fingerprint density at radius 1 is 1.27 bits per heavy atom. The van der Waals surface area contributed by atoms with Gasteiger partial charge in [-0.3, -0.25) is 14.9 Å². The van der Waals surface area contributed by atoms with Gasteiger partial charge < -0.3 is 10.5 Å². The van der Waals surface area contributed by atoms with Crippen LogP contribution in [-0.2, 0) is 20.7 Å². The largest absolute Gasteiger partial charge is 0.456 e. The van der Waals surface area contributed by atoms with Crippen molar-refractivity contribution >= 4 is 39.5 Å². The molecule has 1 aromatic heterocycles. The Hall–Kier alpha value is -2.48. The fourth-order valence-electron chi connectivity index (χ4n) is 1.80. The SMILES string of the molecule is NC(=O)NC(=O)COC(=O)CCCc1nc2ccccc2s1. The summed E-state index contributed by atoms with van der Waals surface area (Å²) in [4.78, 5) is 37.4. The Balaban J connectivity index is 1.70. The number of amides is 3. The summed E-state index contributed by atoms with van der Waals surface area (Å²) in [5, 5.41) is 2.77. The van der Waals surface area contributed by atoms with E-state index < -0.39 is 24.5 Å². The highest BCUT2D eigenvalue weighted by Gasteiger charge is 2.10. The van der Waals surface area contributed by atoms with E-state index in [0.717, 1.165) is 15.2 Å². The first-order chi connectivity index (χ1) is 10.5. The van der Waals surface area contributed by atoms with Crippen LogP contribution in [0.4, 0.5) is 4.79 Å². The molecule has 3 N–H and O–H groups in total. The van der Waals surface area contributed by atoms with Gasteiger partial charge in [0, 0.05) is 6.42 Å². The molecule has 116 valence electrons. The number of carbonyl (C=O) groups excluding carboxylic acids is 3. The average Bonchev–Trinajstić information content (AvgIpc) is 2.87. The van der Waals surface area contributed by atoms with E-state index in [1.807, 2.05) is 29.6 Å². The van der Waals surface area contributed by atoms with Crippen LogP contribution in [0.2, 0.25) is 0 Å². The summed E-state index contributed by atoms with van der Waals surface area (Å²) in [6, 6.07) is 6.86. The van der Waals surface area contributed by atoms with E-state index in [0.29, 0.717) is 12.8 Å². The second kappa shape index (κ2) is 7.51. The van der Waals surface area contributed by atoms with E-state index >= 15 is 0 Å². The fraction of sp³-hybridized carbons (Fsp3) is 0.286. The van der Waals surface area contributed by atoms with Gasteiger partial charge >= 0.3 is 12.0 Å². The molecule has 0 spiro atoms. The van der Waals surface area contributed by atoms with Crippen molar-refractivity contribution in [3.63, 3.8) is 0 Å². The van der Waals surface area contributed by atoms with Gasteiger partial charge in [0.1, 0.15) is 0 Å². The van der Waals surface area contributed by atoms with Crippen molar-refractivity contribution in [3.05, 3.63) is 29.3 Å². The van der Waals surface area contributed by atoms with E-state index in [-0.39, 0.29) is 6.42 Å². The third-order valence-corrected chi connectivity index (χ3v) is 3.83. The third-order valence-electron chi connectivity index (χ3n) is 2.74. The van der Waals surface area contributed by atoms with E-state index in [1.165, 1.54) is 0 Å². The van der Waals surface area contributed by atoms with Gasteiger partial charge in [-0.2, -0.15) is 0 Å². The number of nitrogens with two attached hydrogens (primary N) is 1. The number of aryl methyl sites for hydroxylation is 1. The number of imide groups is 1. The van der Waals surface area contributed by atoms with Gasteiger partial charge in [-0.05, 0) is 25.0 Å². The molecular weight excluding hydrogens is 306 g/mol. The molecule has 0 aliphatic carbocycles. The fourth-order valence-corrected chi connectivity index (χ4v) is 2.81. The molecule has 0 radical (unpaired) electrons. The van der Waals surface area contributed by atoms with Crippen LogP contribution in [0.25, 0.3) is 10.2 Å². The van der Waals surface area contributed by atoms with Gasteiger partial charge in [-0.1, -0.05) is 12.1 Å². The highest BCUT2D eigenvalue weighted by atomic mass is 32.1. The lowest BCUT2D eigenvalue weighted by Gasteiger charge is -2.03. The summed E-state index contributed by atoms with van der Waals surface area (Å²) < 4.78 is 5.84. The summed E-state index contributed by atoms with van der Waals surface area (Å²) in [5.74, 6) is -1.24. The number of ether oxygens (including phenoxy) is 1. The van der Waals surface area contributed by atoms with Gasteiger partial charge in [0.05, 0.1) is 15.2 Å². The standard InChI is InChI=1S/C14H15N3O4S/c15-14(20)17-11(18)8-21-13(19)7-3-6-12-16-9-4-1-2-5-10(9)22-12/h1-2,4-5H,3,6-8H2,(H3,15,17,18,20). The van der Waals surface area contributed by atoms with Crippen molar-refractivity contribution in [1.82, 2.24) is 10.3 Å². The topological polar surface area (TPSA) is 111 Å². The number of fused-ring (bicyclic) bond motifs is 1. The third kappa shape index (κ3) is 4.81. The van der Waals surface area contributed by atoms with Crippen LogP contribution in [0, 0.1) is 0 Å². The minimum atomic E-state index is -0.975. The number of thiazole rings is 1. The number of carbonyl (C=O) groups is 3. The van der Waals surface area contributed by atoms with E-state index in [1.54, 1.807) is 11.3 Å². The predicted octanol–water partition coefficient (Wildman–Crippen LogP) is 1.36. The Labute approximate surface area is 130 Å². The molecule has 8 heteroatoms. The number of esters is 1. The van der Waals surface area contributed by atoms with Crippen LogP contribution >= 0.6 is 11.3 Å². The number of para-hydroxylation sites is 1. The summed E-state index contributed by atoms with van der Waals surface area (Å²) in [5.41, 5.74) is 5.71. The number of benzene rings is 1. The van der Waals surface area contributed by atoms with E-state index in [9.17, 15) is 14.4 Å². The van der Waals surface area contributed by atoms with Crippen LogP contribution in [0.3, 0.4) is 0 Å². The molecule has 0 saturated carbocycles. The van der Waals surface area contributed by atoms with Gasteiger partial charge in [0.25, 0.3) is 5.91 Å². The number of rotatable bonds is 6. The van der Waals surface area contributed by atoms with Gasteiger partial charge in [-0.25, -0.2) is 9.78 Å². The highest BCUT2D eigenvalue weighted by molar-refractivity contribution is 7.18. The van der Waals surface area contributed by atoms with E-state index in [4.69, 9.17) is 10.5 Å². The Kier molecular flexibility index (Phi) is 5.42. The molecule has 22 heavy (non-hydrogen) atoms. The lowest BCUT2D eigenvalue weighted by molar-refractivity contribution is -0.148. The van der Waals surface area contributed by atoms with Crippen molar-refractivity contribution in [2.24, 2.45) is 5.73 Å². The lowest BCUT2D eigenvalue weighted by atomic mass is 10.2. The number of hydrogen-bond donors (Lipinski definition) is 2. The first kappa shape index (κ1) is 15.9. The highest BCUT2D eigenvalue weighted by Crippen LogP contribution is 2.22. The Bertz CT molecular complexity index is 665. The zero-order chi connectivity index (χ0) is 15.9. The molecule has 0 fully saturated rings. The molecule has 0 aliphatic rings. The minimum absolute atomic E-state index is 0.180. The summed E-state index contributed by atoms with van der Waals surface area (Å²) >= 11 is 1.60. The molecular formula is C14H15N3O4S. The van der Waals surface area contributed by atoms with Crippen molar-refractivity contribution in [2.75, 3.05) is 6.61 Å². The summed E-state index contributed by atoms with van der Waals surface area (Å²) in [7, 11) is 0. The van der Waals surface area contributed by atoms with Gasteiger partial charge in [0.15, 0.2) is 6.61 Å².